The van der Waals surface area contributed by atoms with E-state index in [0.29, 0.717) is 5.92 Å². The van der Waals surface area contributed by atoms with Crippen LogP contribution in [-0.2, 0) is 6.42 Å². The second kappa shape index (κ2) is 4.09. The molecule has 1 N–H and O–H groups in total. The lowest BCUT2D eigenvalue weighted by atomic mass is 10.0. The first kappa shape index (κ1) is 9.66. The summed E-state index contributed by atoms with van der Waals surface area (Å²) in [5.74, 6) is 0.326. The third kappa shape index (κ3) is 2.55. The lowest BCUT2D eigenvalue weighted by Crippen LogP contribution is -2.10. The molecule has 0 aromatic heterocycles. The van der Waals surface area contributed by atoms with Gasteiger partial charge in [0.15, 0.2) is 0 Å². The summed E-state index contributed by atoms with van der Waals surface area (Å²) in [5, 5.41) is 9.63. The molecule has 0 heterocycles. The number of hydrogen-bond acceptors (Lipinski definition) is 1. The van der Waals surface area contributed by atoms with E-state index in [1.807, 2.05) is 6.07 Å². The molecule has 1 aromatic rings. The van der Waals surface area contributed by atoms with E-state index >= 15 is 0 Å². The Morgan fingerprint density at radius 2 is 2.21 bits per heavy atom. The van der Waals surface area contributed by atoms with Crippen molar-refractivity contribution >= 4 is 0 Å². The molecule has 0 aliphatic heterocycles. The first-order chi connectivity index (χ1) is 6.75. The van der Waals surface area contributed by atoms with Gasteiger partial charge in [-0.25, -0.2) is 4.39 Å². The average Bonchev–Trinajstić information content (AvgIpc) is 2.97. The first-order valence-corrected chi connectivity index (χ1v) is 5.18. The minimum atomic E-state index is -0.191. The molecule has 2 heteroatoms. The Morgan fingerprint density at radius 3 is 2.86 bits per heavy atom. The van der Waals surface area contributed by atoms with Crippen molar-refractivity contribution in [2.24, 2.45) is 5.92 Å². The molecule has 1 aliphatic rings. The summed E-state index contributed by atoms with van der Waals surface area (Å²) in [4.78, 5) is 0. The lowest BCUT2D eigenvalue weighted by Gasteiger charge is -2.08. The fourth-order valence-electron chi connectivity index (χ4n) is 1.72. The van der Waals surface area contributed by atoms with Gasteiger partial charge in [0, 0.05) is 0 Å². The van der Waals surface area contributed by atoms with Crippen LogP contribution in [0, 0.1) is 11.7 Å². The van der Waals surface area contributed by atoms with Gasteiger partial charge in [-0.15, -0.1) is 0 Å². The van der Waals surface area contributed by atoms with Crippen LogP contribution in [0.1, 0.15) is 24.8 Å². The molecule has 0 radical (unpaired) electrons. The Morgan fingerprint density at radius 1 is 1.43 bits per heavy atom. The van der Waals surface area contributed by atoms with Gasteiger partial charge in [0.1, 0.15) is 5.82 Å². The van der Waals surface area contributed by atoms with Gasteiger partial charge in [-0.3, -0.25) is 0 Å². The van der Waals surface area contributed by atoms with E-state index in [1.165, 1.54) is 6.07 Å². The number of hydrogen-bond donors (Lipinski definition) is 1. The van der Waals surface area contributed by atoms with Crippen LogP contribution in [0.4, 0.5) is 4.39 Å². The van der Waals surface area contributed by atoms with E-state index in [4.69, 9.17) is 0 Å². The van der Waals surface area contributed by atoms with Gasteiger partial charge in [-0.1, -0.05) is 12.1 Å². The second-order valence-electron chi connectivity index (χ2n) is 4.07. The van der Waals surface area contributed by atoms with Gasteiger partial charge < -0.3 is 5.11 Å². The molecule has 1 fully saturated rings. The maximum atomic E-state index is 12.8. The topological polar surface area (TPSA) is 20.2 Å². The summed E-state index contributed by atoms with van der Waals surface area (Å²) < 4.78 is 12.8. The van der Waals surface area contributed by atoms with Gasteiger partial charge in [-0.2, -0.15) is 0 Å². The maximum absolute atomic E-state index is 12.8. The molecule has 76 valence electrons. The molecular weight excluding hydrogens is 179 g/mol. The van der Waals surface area contributed by atoms with E-state index < -0.39 is 0 Å². The SMILES string of the molecule is OC(CCc1cccc(F)c1)C1CC1. The van der Waals surface area contributed by atoms with Crippen molar-refractivity contribution in [1.82, 2.24) is 0 Å². The quantitative estimate of drug-likeness (QED) is 0.781. The summed E-state index contributed by atoms with van der Waals surface area (Å²) in [5.41, 5.74) is 0.977. The highest BCUT2D eigenvalue weighted by Crippen LogP contribution is 2.34. The Bertz CT molecular complexity index is 307. The van der Waals surface area contributed by atoms with Crippen LogP contribution in [0.25, 0.3) is 0 Å². The molecule has 1 aromatic carbocycles. The van der Waals surface area contributed by atoms with Crippen LogP contribution in [-0.4, -0.2) is 11.2 Å². The number of aryl methyl sites for hydroxylation is 1. The maximum Gasteiger partial charge on any atom is 0.123 e. The molecular formula is C12H15FO. The predicted octanol–water partition coefficient (Wildman–Crippen LogP) is 2.53. The fourth-order valence-corrected chi connectivity index (χ4v) is 1.72. The van der Waals surface area contributed by atoms with Crippen molar-refractivity contribution in [2.75, 3.05) is 0 Å². The predicted molar refractivity (Wildman–Crippen MR) is 53.5 cm³/mol. The monoisotopic (exact) mass is 194 g/mol. The average molecular weight is 194 g/mol. The molecule has 14 heavy (non-hydrogen) atoms. The number of halogens is 1. The van der Waals surface area contributed by atoms with Gasteiger partial charge in [0.05, 0.1) is 6.10 Å². The molecule has 0 spiro atoms. The van der Waals surface area contributed by atoms with Crippen LogP contribution < -0.4 is 0 Å². The normalized spacial score (nSPS) is 18.1. The Kier molecular flexibility index (Phi) is 2.82. The molecule has 0 bridgehead atoms. The van der Waals surface area contributed by atoms with Crippen LogP contribution >= 0.6 is 0 Å². The van der Waals surface area contributed by atoms with Crippen molar-refractivity contribution < 1.29 is 9.50 Å². The fraction of sp³-hybridized carbons (Fsp3) is 0.500. The minimum Gasteiger partial charge on any atom is -0.393 e. The largest absolute Gasteiger partial charge is 0.393 e. The molecule has 2 rings (SSSR count). The van der Waals surface area contributed by atoms with Crippen LogP contribution in [0.5, 0.6) is 0 Å². The summed E-state index contributed by atoms with van der Waals surface area (Å²) in [7, 11) is 0. The van der Waals surface area contributed by atoms with Crippen molar-refractivity contribution in [2.45, 2.75) is 31.8 Å². The third-order valence-electron chi connectivity index (χ3n) is 2.78. The van der Waals surface area contributed by atoms with E-state index in [9.17, 15) is 9.50 Å². The lowest BCUT2D eigenvalue weighted by molar-refractivity contribution is 0.142. The standard InChI is InChI=1S/C12H15FO/c13-11-3-1-2-9(8-11)4-7-12(14)10-5-6-10/h1-3,8,10,12,14H,4-7H2. The van der Waals surface area contributed by atoms with Crippen molar-refractivity contribution in [3.63, 3.8) is 0 Å². The van der Waals surface area contributed by atoms with E-state index in [-0.39, 0.29) is 11.9 Å². The zero-order chi connectivity index (χ0) is 9.97. The van der Waals surface area contributed by atoms with E-state index in [2.05, 4.69) is 0 Å². The van der Waals surface area contributed by atoms with Crippen LogP contribution in [0.3, 0.4) is 0 Å². The minimum absolute atomic E-state index is 0.182. The highest BCUT2D eigenvalue weighted by atomic mass is 19.1. The zero-order valence-corrected chi connectivity index (χ0v) is 8.12. The highest BCUT2D eigenvalue weighted by Gasteiger charge is 2.28. The molecule has 1 nitrogen and oxygen atoms in total. The van der Waals surface area contributed by atoms with Crippen molar-refractivity contribution in [1.29, 1.82) is 0 Å². The summed E-state index contributed by atoms with van der Waals surface area (Å²) >= 11 is 0. The van der Waals surface area contributed by atoms with Gasteiger partial charge in [0.2, 0.25) is 0 Å². The van der Waals surface area contributed by atoms with Gasteiger partial charge >= 0.3 is 0 Å². The molecule has 1 aliphatic carbocycles. The number of benzene rings is 1. The second-order valence-corrected chi connectivity index (χ2v) is 4.07. The zero-order valence-electron chi connectivity index (χ0n) is 8.12. The Balaban J connectivity index is 1.84. The number of aliphatic hydroxyl groups excluding tert-OH is 1. The molecule has 1 atom stereocenters. The molecule has 0 amide bonds. The van der Waals surface area contributed by atoms with Crippen molar-refractivity contribution in [3.8, 4) is 0 Å². The first-order valence-electron chi connectivity index (χ1n) is 5.18. The van der Waals surface area contributed by atoms with Crippen LogP contribution in [0.15, 0.2) is 24.3 Å². The van der Waals surface area contributed by atoms with Crippen LogP contribution in [0.2, 0.25) is 0 Å². The smallest absolute Gasteiger partial charge is 0.123 e. The summed E-state index contributed by atoms with van der Waals surface area (Å²) in [6.07, 6.45) is 3.66. The van der Waals surface area contributed by atoms with E-state index in [1.54, 1.807) is 12.1 Å². The van der Waals surface area contributed by atoms with Gasteiger partial charge in [-0.05, 0) is 49.3 Å². The number of aliphatic hydroxyl groups is 1. The molecule has 1 unspecified atom stereocenters. The highest BCUT2D eigenvalue weighted by molar-refractivity contribution is 5.16. The van der Waals surface area contributed by atoms with E-state index in [0.717, 1.165) is 31.2 Å². The van der Waals surface area contributed by atoms with Gasteiger partial charge in [0.25, 0.3) is 0 Å². The Labute approximate surface area is 83.6 Å². The third-order valence-corrected chi connectivity index (χ3v) is 2.78. The Hall–Kier alpha value is -0.890. The summed E-state index contributed by atoms with van der Waals surface area (Å²) in [6.45, 7) is 0. The molecule has 1 saturated carbocycles. The van der Waals surface area contributed by atoms with Crippen molar-refractivity contribution in [3.05, 3.63) is 35.6 Å². The molecule has 0 saturated heterocycles. The summed E-state index contributed by atoms with van der Waals surface area (Å²) in [6, 6.07) is 6.61. The number of rotatable bonds is 4.